The van der Waals surface area contributed by atoms with Crippen LogP contribution in [0.1, 0.15) is 25.0 Å². The first-order valence-electron chi connectivity index (χ1n) is 9.55. The molecule has 0 atom stereocenters. The summed E-state index contributed by atoms with van der Waals surface area (Å²) in [4.78, 5) is 13.6. The highest BCUT2D eigenvalue weighted by molar-refractivity contribution is 5.79. The number of carbonyl (C=O) groups is 1. The SMILES string of the molecule is CNC(=O)C1CN(Cc2ccc(OCc3ccc(OC(C)C)cc3)cc2F)C1. The van der Waals surface area contributed by atoms with Crippen molar-refractivity contribution >= 4 is 5.91 Å². The molecule has 6 heteroatoms. The van der Waals surface area contributed by atoms with Crippen molar-refractivity contribution in [3.8, 4) is 11.5 Å². The summed E-state index contributed by atoms with van der Waals surface area (Å²) < 4.78 is 25.7. The zero-order valence-electron chi connectivity index (χ0n) is 16.6. The first-order chi connectivity index (χ1) is 13.4. The van der Waals surface area contributed by atoms with Crippen LogP contribution in [0, 0.1) is 11.7 Å². The summed E-state index contributed by atoms with van der Waals surface area (Å²) >= 11 is 0. The summed E-state index contributed by atoms with van der Waals surface area (Å²) in [6.07, 6.45) is 0.134. The average molecular weight is 386 g/mol. The molecule has 1 N–H and O–H groups in total. The van der Waals surface area contributed by atoms with Gasteiger partial charge in [0.15, 0.2) is 0 Å². The number of amides is 1. The number of nitrogens with one attached hydrogen (secondary N) is 1. The number of rotatable bonds is 8. The fourth-order valence-electron chi connectivity index (χ4n) is 3.16. The van der Waals surface area contributed by atoms with Crippen LogP contribution in [0.2, 0.25) is 0 Å². The molecule has 3 rings (SSSR count). The summed E-state index contributed by atoms with van der Waals surface area (Å²) in [6.45, 7) is 6.15. The van der Waals surface area contributed by atoms with Gasteiger partial charge in [-0.25, -0.2) is 4.39 Å². The molecule has 2 aromatic carbocycles. The van der Waals surface area contributed by atoms with Gasteiger partial charge in [-0.15, -0.1) is 0 Å². The maximum atomic E-state index is 14.4. The first kappa shape index (κ1) is 20.1. The molecule has 2 aromatic rings. The lowest BCUT2D eigenvalue weighted by molar-refractivity contribution is -0.129. The molecule has 0 saturated carbocycles. The monoisotopic (exact) mass is 386 g/mol. The Labute approximate surface area is 165 Å². The molecule has 28 heavy (non-hydrogen) atoms. The van der Waals surface area contributed by atoms with E-state index in [1.54, 1.807) is 19.2 Å². The molecular formula is C22H27FN2O3. The summed E-state index contributed by atoms with van der Waals surface area (Å²) in [7, 11) is 1.64. The maximum absolute atomic E-state index is 14.4. The second-order valence-corrected chi connectivity index (χ2v) is 7.36. The molecule has 5 nitrogen and oxygen atoms in total. The molecule has 0 aliphatic carbocycles. The number of hydrogen-bond acceptors (Lipinski definition) is 4. The molecule has 1 heterocycles. The van der Waals surface area contributed by atoms with E-state index in [1.165, 1.54) is 6.07 Å². The Morgan fingerprint density at radius 3 is 2.46 bits per heavy atom. The van der Waals surface area contributed by atoms with Crippen molar-refractivity contribution in [2.75, 3.05) is 20.1 Å². The number of ether oxygens (including phenoxy) is 2. The summed E-state index contributed by atoms with van der Waals surface area (Å²) in [6, 6.07) is 12.6. The Balaban J connectivity index is 1.50. The number of halogens is 1. The van der Waals surface area contributed by atoms with E-state index in [0.717, 1.165) is 11.3 Å². The van der Waals surface area contributed by atoms with Gasteiger partial charge in [-0.1, -0.05) is 18.2 Å². The smallest absolute Gasteiger partial charge is 0.225 e. The summed E-state index contributed by atoms with van der Waals surface area (Å²) in [5, 5.41) is 2.65. The minimum atomic E-state index is -0.290. The van der Waals surface area contributed by atoms with E-state index in [0.29, 0.717) is 37.6 Å². The Morgan fingerprint density at radius 2 is 1.86 bits per heavy atom. The van der Waals surface area contributed by atoms with Crippen LogP contribution in [0.15, 0.2) is 42.5 Å². The Kier molecular flexibility index (Phi) is 6.52. The Bertz CT molecular complexity index is 802. The highest BCUT2D eigenvalue weighted by Crippen LogP contribution is 2.23. The van der Waals surface area contributed by atoms with E-state index in [-0.39, 0.29) is 23.7 Å². The zero-order valence-corrected chi connectivity index (χ0v) is 16.6. The van der Waals surface area contributed by atoms with Gasteiger partial charge < -0.3 is 14.8 Å². The third-order valence-corrected chi connectivity index (χ3v) is 4.69. The first-order valence-corrected chi connectivity index (χ1v) is 9.55. The fourth-order valence-corrected chi connectivity index (χ4v) is 3.16. The Hall–Kier alpha value is -2.60. The molecule has 1 aliphatic heterocycles. The van der Waals surface area contributed by atoms with Gasteiger partial charge in [-0.05, 0) is 37.6 Å². The predicted molar refractivity (Wildman–Crippen MR) is 106 cm³/mol. The van der Waals surface area contributed by atoms with Crippen molar-refractivity contribution in [2.45, 2.75) is 33.1 Å². The quantitative estimate of drug-likeness (QED) is 0.756. The number of likely N-dealkylation sites (tertiary alicyclic amines) is 1. The van der Waals surface area contributed by atoms with Gasteiger partial charge in [0.2, 0.25) is 5.91 Å². The molecule has 0 bridgehead atoms. The molecule has 1 aliphatic rings. The van der Waals surface area contributed by atoms with Gasteiger partial charge in [0.1, 0.15) is 23.9 Å². The van der Waals surface area contributed by atoms with Crippen LogP contribution >= 0.6 is 0 Å². The van der Waals surface area contributed by atoms with Gasteiger partial charge in [-0.3, -0.25) is 9.69 Å². The van der Waals surface area contributed by atoms with Gasteiger partial charge in [0.25, 0.3) is 0 Å². The van der Waals surface area contributed by atoms with Gasteiger partial charge in [0, 0.05) is 38.3 Å². The molecule has 0 unspecified atom stereocenters. The minimum absolute atomic E-state index is 0.00740. The highest BCUT2D eigenvalue weighted by Gasteiger charge is 2.32. The Morgan fingerprint density at radius 1 is 1.18 bits per heavy atom. The van der Waals surface area contributed by atoms with Crippen LogP contribution in [0.4, 0.5) is 4.39 Å². The molecule has 1 fully saturated rings. The fraction of sp³-hybridized carbons (Fsp3) is 0.409. The van der Waals surface area contributed by atoms with Crippen molar-refractivity contribution in [3.63, 3.8) is 0 Å². The van der Waals surface area contributed by atoms with E-state index in [1.807, 2.05) is 38.1 Å². The molecule has 0 spiro atoms. The van der Waals surface area contributed by atoms with Crippen molar-refractivity contribution in [3.05, 3.63) is 59.4 Å². The van der Waals surface area contributed by atoms with E-state index < -0.39 is 0 Å². The largest absolute Gasteiger partial charge is 0.491 e. The lowest BCUT2D eigenvalue weighted by Gasteiger charge is -2.38. The number of carbonyl (C=O) groups excluding carboxylic acids is 1. The zero-order chi connectivity index (χ0) is 20.1. The topological polar surface area (TPSA) is 50.8 Å². The standard InChI is InChI=1S/C22H27FN2O3/c1-15(2)28-19-7-4-16(5-8-19)14-27-20-9-6-17(21(23)10-20)11-25-12-18(13-25)22(26)24-3/h4-10,15,18H,11-14H2,1-3H3,(H,24,26). The van der Waals surface area contributed by atoms with Gasteiger partial charge >= 0.3 is 0 Å². The molecule has 0 aromatic heterocycles. The van der Waals surface area contributed by atoms with Crippen LogP contribution in [-0.2, 0) is 17.9 Å². The maximum Gasteiger partial charge on any atom is 0.225 e. The molecule has 1 saturated heterocycles. The van der Waals surface area contributed by atoms with E-state index in [2.05, 4.69) is 10.2 Å². The molecule has 150 valence electrons. The minimum Gasteiger partial charge on any atom is -0.491 e. The van der Waals surface area contributed by atoms with Gasteiger partial charge in [0.05, 0.1) is 12.0 Å². The highest BCUT2D eigenvalue weighted by atomic mass is 19.1. The number of hydrogen-bond donors (Lipinski definition) is 1. The third kappa shape index (κ3) is 5.23. The van der Waals surface area contributed by atoms with Crippen LogP contribution in [-0.4, -0.2) is 37.0 Å². The van der Waals surface area contributed by atoms with E-state index in [9.17, 15) is 9.18 Å². The second kappa shape index (κ2) is 9.06. The normalized spacial score (nSPS) is 14.6. The summed E-state index contributed by atoms with van der Waals surface area (Å²) in [5.74, 6) is 1.08. The van der Waals surface area contributed by atoms with Crippen molar-refractivity contribution in [1.82, 2.24) is 10.2 Å². The van der Waals surface area contributed by atoms with Gasteiger partial charge in [-0.2, -0.15) is 0 Å². The van der Waals surface area contributed by atoms with E-state index in [4.69, 9.17) is 9.47 Å². The van der Waals surface area contributed by atoms with E-state index >= 15 is 0 Å². The van der Waals surface area contributed by atoms with Crippen molar-refractivity contribution in [1.29, 1.82) is 0 Å². The van der Waals surface area contributed by atoms with Crippen molar-refractivity contribution < 1.29 is 18.7 Å². The number of nitrogens with zero attached hydrogens (tertiary/aromatic N) is 1. The van der Waals surface area contributed by atoms with Crippen LogP contribution in [0.25, 0.3) is 0 Å². The van der Waals surface area contributed by atoms with Crippen LogP contribution in [0.3, 0.4) is 0 Å². The second-order valence-electron chi connectivity index (χ2n) is 7.36. The molecular weight excluding hydrogens is 359 g/mol. The molecule has 1 amide bonds. The predicted octanol–water partition coefficient (Wildman–Crippen LogP) is 3.37. The average Bonchev–Trinajstić information content (AvgIpc) is 2.64. The lowest BCUT2D eigenvalue weighted by Crippen LogP contribution is -2.52. The lowest BCUT2D eigenvalue weighted by atomic mass is 9.98. The molecule has 0 radical (unpaired) electrons. The summed E-state index contributed by atoms with van der Waals surface area (Å²) in [5.41, 5.74) is 1.60. The van der Waals surface area contributed by atoms with Crippen molar-refractivity contribution in [2.24, 2.45) is 5.92 Å². The number of benzene rings is 2. The van der Waals surface area contributed by atoms with Crippen LogP contribution in [0.5, 0.6) is 11.5 Å². The van der Waals surface area contributed by atoms with Crippen LogP contribution < -0.4 is 14.8 Å². The third-order valence-electron chi connectivity index (χ3n) is 4.69.